The minimum atomic E-state index is -0.695. The molecule has 3 aromatic heterocycles. The molecule has 0 radical (unpaired) electrons. The highest BCUT2D eigenvalue weighted by atomic mass is 16.6. The lowest BCUT2D eigenvalue weighted by Crippen LogP contribution is -2.51. The Morgan fingerprint density at radius 3 is 2.09 bits per heavy atom. The number of imidazole rings is 2. The number of alkyl carbamates (subject to hydrolysis) is 1. The summed E-state index contributed by atoms with van der Waals surface area (Å²) in [7, 11) is 1.29. The lowest BCUT2D eigenvalue weighted by atomic mass is 10.0. The van der Waals surface area contributed by atoms with Crippen LogP contribution in [0.1, 0.15) is 84.0 Å². The van der Waals surface area contributed by atoms with E-state index in [-0.39, 0.29) is 30.0 Å². The maximum Gasteiger partial charge on any atom is 0.410 e. The monoisotopic (exact) mass is 733 g/mol. The van der Waals surface area contributed by atoms with Crippen molar-refractivity contribution >= 4 is 29.1 Å². The molecule has 282 valence electrons. The van der Waals surface area contributed by atoms with Gasteiger partial charge in [-0.3, -0.25) is 19.7 Å². The maximum absolute atomic E-state index is 13.6. The highest BCUT2D eigenvalue weighted by Crippen LogP contribution is 2.35. The number of ether oxygens (including phenoxy) is 2. The van der Waals surface area contributed by atoms with Crippen LogP contribution >= 0.6 is 0 Å². The van der Waals surface area contributed by atoms with E-state index < -0.39 is 17.7 Å². The number of aromatic nitrogens is 6. The number of hydrogen-bond acceptors (Lipinski definition) is 9. The molecule has 2 aromatic carbocycles. The van der Waals surface area contributed by atoms with Gasteiger partial charge in [-0.15, -0.1) is 0 Å². The summed E-state index contributed by atoms with van der Waals surface area (Å²) in [5.41, 5.74) is 6.19. The summed E-state index contributed by atoms with van der Waals surface area (Å²) in [6.45, 7) is 10.6. The van der Waals surface area contributed by atoms with Gasteiger partial charge in [0.05, 0.1) is 65.9 Å². The highest BCUT2D eigenvalue weighted by Gasteiger charge is 2.38. The predicted octanol–water partition coefficient (Wildman–Crippen LogP) is 7.19. The lowest BCUT2D eigenvalue weighted by molar-refractivity contribution is -0.135. The first-order valence-electron chi connectivity index (χ1n) is 18.5. The second-order valence-corrected chi connectivity index (χ2v) is 15.3. The lowest BCUT2D eigenvalue weighted by Gasteiger charge is -2.29. The molecule has 2 aliphatic heterocycles. The van der Waals surface area contributed by atoms with Crippen LogP contribution in [-0.4, -0.2) is 89.6 Å². The molecule has 0 bridgehead atoms. The molecule has 5 heterocycles. The first kappa shape index (κ1) is 36.6. The predicted molar refractivity (Wildman–Crippen MR) is 203 cm³/mol. The van der Waals surface area contributed by atoms with Gasteiger partial charge in [0.25, 0.3) is 0 Å². The number of nitrogens with zero attached hydrogens (tertiary/aromatic N) is 6. The third-order valence-corrected chi connectivity index (χ3v) is 9.97. The number of nitrogens with one attached hydrogen (secondary N) is 3. The van der Waals surface area contributed by atoms with E-state index in [2.05, 4.69) is 20.3 Å². The summed E-state index contributed by atoms with van der Waals surface area (Å²) in [6.07, 6.45) is 7.73. The van der Waals surface area contributed by atoms with Crippen LogP contribution in [0.3, 0.4) is 0 Å². The molecule has 2 saturated heterocycles. The van der Waals surface area contributed by atoms with Crippen molar-refractivity contribution in [3.8, 4) is 33.8 Å². The molecule has 3 atom stereocenters. The summed E-state index contributed by atoms with van der Waals surface area (Å²) >= 11 is 0. The minimum absolute atomic E-state index is 0.110. The number of carbonyl (C=O) groups is 3. The zero-order chi connectivity index (χ0) is 38.1. The van der Waals surface area contributed by atoms with Crippen LogP contribution in [0.15, 0.2) is 61.1 Å². The van der Waals surface area contributed by atoms with Gasteiger partial charge >= 0.3 is 12.2 Å². The topological polar surface area (TPSA) is 171 Å². The third kappa shape index (κ3) is 7.64. The first-order valence-corrected chi connectivity index (χ1v) is 18.5. The van der Waals surface area contributed by atoms with Crippen molar-refractivity contribution in [3.63, 3.8) is 0 Å². The summed E-state index contributed by atoms with van der Waals surface area (Å²) in [6, 6.07) is 12.9. The second-order valence-electron chi connectivity index (χ2n) is 15.3. The van der Waals surface area contributed by atoms with E-state index in [1.54, 1.807) is 28.4 Å². The maximum atomic E-state index is 13.6. The zero-order valence-electron chi connectivity index (χ0n) is 31.6. The van der Waals surface area contributed by atoms with Gasteiger partial charge < -0.3 is 29.7 Å². The number of amides is 3. The van der Waals surface area contributed by atoms with Crippen LogP contribution in [0.4, 0.5) is 9.59 Å². The molecule has 3 amide bonds. The van der Waals surface area contributed by atoms with E-state index >= 15 is 0 Å². The molecule has 2 aliphatic rings. The highest BCUT2D eigenvalue weighted by molar-refractivity contribution is 5.87. The fraction of sp³-hybridized carbons (Fsp3) is 0.425. The molecule has 7 rings (SSSR count). The van der Waals surface area contributed by atoms with Gasteiger partial charge in [-0.2, -0.15) is 0 Å². The summed E-state index contributed by atoms with van der Waals surface area (Å²) in [4.78, 5) is 67.7. The Hall–Kier alpha value is -5.79. The molecule has 14 heteroatoms. The van der Waals surface area contributed by atoms with Crippen LogP contribution in [0.2, 0.25) is 0 Å². The molecule has 14 nitrogen and oxygen atoms in total. The summed E-state index contributed by atoms with van der Waals surface area (Å²) in [5, 5.41) is 2.70. The molecule has 0 spiro atoms. The molecule has 3 N–H and O–H groups in total. The van der Waals surface area contributed by atoms with E-state index in [1.807, 2.05) is 77.1 Å². The van der Waals surface area contributed by atoms with Crippen molar-refractivity contribution in [2.45, 2.75) is 84.0 Å². The number of carbonyl (C=O) groups excluding carboxylic acids is 3. The molecule has 54 heavy (non-hydrogen) atoms. The van der Waals surface area contributed by atoms with Crippen LogP contribution < -0.4 is 5.32 Å². The van der Waals surface area contributed by atoms with Crippen molar-refractivity contribution in [1.29, 1.82) is 0 Å². The number of methoxy groups -OCH3 is 1. The van der Waals surface area contributed by atoms with Gasteiger partial charge in [-0.05, 0) is 70.1 Å². The van der Waals surface area contributed by atoms with Gasteiger partial charge in [-0.1, -0.05) is 44.2 Å². The van der Waals surface area contributed by atoms with Gasteiger partial charge in [0, 0.05) is 24.2 Å². The zero-order valence-corrected chi connectivity index (χ0v) is 31.6. The molecule has 0 aliphatic carbocycles. The first-order chi connectivity index (χ1) is 25.9. The van der Waals surface area contributed by atoms with E-state index in [4.69, 9.17) is 24.4 Å². The van der Waals surface area contributed by atoms with Crippen LogP contribution in [0.5, 0.6) is 0 Å². The molecule has 5 aromatic rings. The van der Waals surface area contributed by atoms with Gasteiger partial charge in [0.15, 0.2) is 0 Å². The van der Waals surface area contributed by atoms with Crippen LogP contribution in [0, 0.1) is 5.92 Å². The van der Waals surface area contributed by atoms with Crippen LogP contribution in [-0.2, 0) is 14.3 Å². The smallest absolute Gasteiger partial charge is 0.410 e. The third-order valence-electron chi connectivity index (χ3n) is 9.97. The number of hydrogen-bond donors (Lipinski definition) is 3. The van der Waals surface area contributed by atoms with Crippen molar-refractivity contribution in [1.82, 2.24) is 45.0 Å². The van der Waals surface area contributed by atoms with E-state index in [0.717, 1.165) is 76.3 Å². The largest absolute Gasteiger partial charge is 0.453 e. The molecular formula is C40H47N9O5. The fourth-order valence-electron chi connectivity index (χ4n) is 7.23. The van der Waals surface area contributed by atoms with Crippen molar-refractivity contribution in [2.75, 3.05) is 20.2 Å². The van der Waals surface area contributed by atoms with Gasteiger partial charge in [0.1, 0.15) is 23.3 Å². The quantitative estimate of drug-likeness (QED) is 0.149. The number of rotatable bonds is 8. The fourth-order valence-corrected chi connectivity index (χ4v) is 7.23. The van der Waals surface area contributed by atoms with Gasteiger partial charge in [0.2, 0.25) is 5.91 Å². The molecular weight excluding hydrogens is 686 g/mol. The normalized spacial score (nSPS) is 18.0. The average Bonchev–Trinajstić information content (AvgIpc) is 3.98. The molecule has 2 fully saturated rings. The van der Waals surface area contributed by atoms with Crippen LogP contribution in [0.25, 0.3) is 44.8 Å². The van der Waals surface area contributed by atoms with E-state index in [1.165, 1.54) is 7.11 Å². The van der Waals surface area contributed by atoms with E-state index in [9.17, 15) is 14.4 Å². The Morgan fingerprint density at radius 1 is 0.815 bits per heavy atom. The molecule has 3 unspecified atom stereocenters. The Kier molecular flexibility index (Phi) is 10.1. The number of H-pyrrole nitrogens is 2. The minimum Gasteiger partial charge on any atom is -0.453 e. The Bertz CT molecular complexity index is 2140. The Morgan fingerprint density at radius 2 is 1.44 bits per heavy atom. The molecule has 0 saturated carbocycles. The van der Waals surface area contributed by atoms with Crippen molar-refractivity contribution < 1.29 is 23.9 Å². The standard InChI is InChI=1S/C40H47N9O5/c1-23(2)34(47-38(51)53-6)37(50)48-17-7-10-33(48)36-44-27-16-15-26(19-28(27)45-36)30-21-41-29(20-42-30)24-11-13-25(14-12-24)31-22-43-35(46-31)32-9-8-18-49(32)39(52)54-40(3,4)5/h11-16,19-23,32-34H,7-10,17-18H2,1-6H3,(H,43,46)(H,44,45)(H,47,51). The van der Waals surface area contributed by atoms with Gasteiger partial charge in [-0.25, -0.2) is 19.6 Å². The number of likely N-dealkylation sites (tertiary alicyclic amines) is 2. The number of aromatic amines is 2. The SMILES string of the molecule is COC(=O)NC(C(=O)N1CCCC1c1nc2ccc(-c3cnc(-c4ccc(-c5cnc(C6CCCN6C(=O)OC(C)(C)C)[nH]5)cc4)cn3)cc2[nH]1)C(C)C. The average molecular weight is 734 g/mol. The Labute approximate surface area is 314 Å². The van der Waals surface area contributed by atoms with Crippen molar-refractivity contribution in [3.05, 3.63) is 72.7 Å². The van der Waals surface area contributed by atoms with Crippen molar-refractivity contribution in [2.24, 2.45) is 5.92 Å². The van der Waals surface area contributed by atoms with E-state index in [0.29, 0.717) is 18.9 Å². The summed E-state index contributed by atoms with van der Waals surface area (Å²) < 4.78 is 10.4. The Balaban J connectivity index is 1.02. The number of fused-ring (bicyclic) bond motifs is 1. The second kappa shape index (κ2) is 14.9. The number of benzene rings is 2. The summed E-state index contributed by atoms with van der Waals surface area (Å²) in [5.74, 6) is 1.21.